The van der Waals surface area contributed by atoms with Gasteiger partial charge in [0.25, 0.3) is 0 Å². The summed E-state index contributed by atoms with van der Waals surface area (Å²) in [5.41, 5.74) is 7.07. The Hall–Kier alpha value is -5.60. The number of furan rings is 1. The number of para-hydroxylation sites is 1. The van der Waals surface area contributed by atoms with Gasteiger partial charge in [-0.15, -0.1) is 0 Å². The largest absolute Gasteiger partial charge is 0.456 e. The van der Waals surface area contributed by atoms with Gasteiger partial charge >= 0.3 is 0 Å². The molecule has 5 aromatic carbocycles. The summed E-state index contributed by atoms with van der Waals surface area (Å²) in [5.74, 6) is 1.80. The van der Waals surface area contributed by atoms with Crippen LogP contribution in [0.4, 0.5) is 5.69 Å². The second-order valence-electron chi connectivity index (χ2n) is 9.19. The molecule has 7 aromatic rings. The van der Waals surface area contributed by atoms with Crippen molar-refractivity contribution >= 4 is 27.6 Å². The van der Waals surface area contributed by atoms with Crippen molar-refractivity contribution < 1.29 is 4.42 Å². The quantitative estimate of drug-likeness (QED) is 0.226. The topological polar surface area (TPSA) is 56.2 Å². The second kappa shape index (κ2) is 9.37. The summed E-state index contributed by atoms with van der Waals surface area (Å²) in [6, 6.07) is 39.7. The van der Waals surface area contributed by atoms with Crippen LogP contribution in [-0.4, -0.2) is 15.0 Å². The molecule has 39 heavy (non-hydrogen) atoms. The molecule has 0 amide bonds. The molecule has 0 spiro atoms. The molecule has 0 radical (unpaired) electrons. The fraction of sp³-hybridized carbons (Fsp3) is 0. The Kier molecular flexibility index (Phi) is 5.42. The molecule has 0 N–H and O–H groups in total. The van der Waals surface area contributed by atoms with E-state index >= 15 is 0 Å². The second-order valence-corrected chi connectivity index (χ2v) is 9.19. The third kappa shape index (κ3) is 4.11. The Morgan fingerprint density at radius 3 is 1.77 bits per heavy atom. The van der Waals surface area contributed by atoms with E-state index in [2.05, 4.69) is 23.0 Å². The Labute approximate surface area is 224 Å². The molecular formula is C34H20N4O. The van der Waals surface area contributed by atoms with Crippen molar-refractivity contribution in [3.05, 3.63) is 133 Å². The molecule has 2 heterocycles. The molecule has 0 bridgehead atoms. The van der Waals surface area contributed by atoms with Crippen LogP contribution in [0.25, 0.3) is 72.1 Å². The summed E-state index contributed by atoms with van der Waals surface area (Å²) in [4.78, 5) is 18.2. The first kappa shape index (κ1) is 22.6. The van der Waals surface area contributed by atoms with E-state index in [-0.39, 0.29) is 0 Å². The summed E-state index contributed by atoms with van der Waals surface area (Å²) < 4.78 is 6.13. The van der Waals surface area contributed by atoms with Gasteiger partial charge in [0.15, 0.2) is 23.2 Å². The zero-order valence-electron chi connectivity index (χ0n) is 20.7. The molecule has 0 unspecified atom stereocenters. The maximum atomic E-state index is 7.18. The summed E-state index contributed by atoms with van der Waals surface area (Å²) >= 11 is 0. The Balaban J connectivity index is 1.39. The molecule has 182 valence electrons. The average molecular weight is 501 g/mol. The van der Waals surface area contributed by atoms with Crippen molar-refractivity contribution in [2.24, 2.45) is 0 Å². The summed E-state index contributed by atoms with van der Waals surface area (Å²) in [5, 5.41) is 2.02. The first-order valence-electron chi connectivity index (χ1n) is 12.6. The van der Waals surface area contributed by atoms with Gasteiger partial charge in [0.2, 0.25) is 0 Å². The lowest BCUT2D eigenvalue weighted by atomic mass is 10.0. The predicted octanol–water partition coefficient (Wildman–Crippen LogP) is 8.99. The van der Waals surface area contributed by atoms with Gasteiger partial charge in [0.05, 0.1) is 6.57 Å². The number of aromatic nitrogens is 3. The summed E-state index contributed by atoms with van der Waals surface area (Å²) in [7, 11) is 0. The smallest absolute Gasteiger partial charge is 0.187 e. The van der Waals surface area contributed by atoms with Gasteiger partial charge in [0, 0.05) is 27.5 Å². The molecule has 5 nitrogen and oxygen atoms in total. The first-order chi connectivity index (χ1) is 19.3. The van der Waals surface area contributed by atoms with Crippen LogP contribution in [0.15, 0.2) is 126 Å². The highest BCUT2D eigenvalue weighted by molar-refractivity contribution is 6.11. The van der Waals surface area contributed by atoms with Crippen LogP contribution in [0.5, 0.6) is 0 Å². The van der Waals surface area contributed by atoms with E-state index in [0.29, 0.717) is 23.2 Å². The third-order valence-electron chi connectivity index (χ3n) is 6.78. The maximum absolute atomic E-state index is 7.18. The Morgan fingerprint density at radius 2 is 1.05 bits per heavy atom. The lowest BCUT2D eigenvalue weighted by Gasteiger charge is -2.10. The number of hydrogen-bond donors (Lipinski definition) is 0. The monoisotopic (exact) mass is 500 g/mol. The molecule has 5 heteroatoms. The average Bonchev–Trinajstić information content (AvgIpc) is 3.40. The van der Waals surface area contributed by atoms with E-state index in [4.69, 9.17) is 25.9 Å². The lowest BCUT2D eigenvalue weighted by Crippen LogP contribution is -2.00. The van der Waals surface area contributed by atoms with Crippen molar-refractivity contribution in [3.63, 3.8) is 0 Å². The van der Waals surface area contributed by atoms with Gasteiger partial charge in [-0.3, -0.25) is 0 Å². The van der Waals surface area contributed by atoms with Crippen LogP contribution in [0, 0.1) is 6.57 Å². The van der Waals surface area contributed by atoms with E-state index in [0.717, 1.165) is 49.8 Å². The van der Waals surface area contributed by atoms with E-state index < -0.39 is 0 Å². The SMILES string of the molecule is [C-]#[N+]c1ccc(-c2ccc(-c3nc(-c4ccccc4)nc(-c4cccc5oc6ccccc6c45)n3)cc2)cc1. The fourth-order valence-corrected chi connectivity index (χ4v) is 4.84. The van der Waals surface area contributed by atoms with Gasteiger partial charge < -0.3 is 4.42 Å². The van der Waals surface area contributed by atoms with Crippen LogP contribution in [0.3, 0.4) is 0 Å². The minimum Gasteiger partial charge on any atom is -0.456 e. The molecule has 7 rings (SSSR count). The molecule has 0 aliphatic heterocycles. The Bertz CT molecular complexity index is 2000. The Morgan fingerprint density at radius 1 is 0.487 bits per heavy atom. The number of benzene rings is 5. The van der Waals surface area contributed by atoms with E-state index in [1.54, 1.807) is 0 Å². The highest BCUT2D eigenvalue weighted by Gasteiger charge is 2.17. The van der Waals surface area contributed by atoms with Gasteiger partial charge in [-0.25, -0.2) is 19.8 Å². The predicted molar refractivity (Wildman–Crippen MR) is 155 cm³/mol. The normalized spacial score (nSPS) is 11.1. The number of rotatable bonds is 4. The molecule has 0 aliphatic carbocycles. The number of fused-ring (bicyclic) bond motifs is 3. The molecule has 0 atom stereocenters. The lowest BCUT2D eigenvalue weighted by molar-refractivity contribution is 0.669. The van der Waals surface area contributed by atoms with Crippen LogP contribution in [0.1, 0.15) is 0 Å². The van der Waals surface area contributed by atoms with Crippen LogP contribution in [-0.2, 0) is 0 Å². The van der Waals surface area contributed by atoms with Crippen LogP contribution < -0.4 is 0 Å². The molecular weight excluding hydrogens is 480 g/mol. The van der Waals surface area contributed by atoms with Crippen molar-refractivity contribution in [1.29, 1.82) is 0 Å². The first-order valence-corrected chi connectivity index (χ1v) is 12.6. The number of nitrogens with zero attached hydrogens (tertiary/aromatic N) is 4. The minimum absolute atomic E-state index is 0.592. The van der Waals surface area contributed by atoms with Crippen LogP contribution >= 0.6 is 0 Å². The summed E-state index contributed by atoms with van der Waals surface area (Å²) in [6.07, 6.45) is 0. The standard InChI is InChI=1S/C34H20N4O/c1-35-26-20-18-23(19-21-26)22-14-16-25(17-15-22)33-36-32(24-8-3-2-4-9-24)37-34(38-33)28-11-7-13-30-31(28)27-10-5-6-12-29(27)39-30/h2-21H. The highest BCUT2D eigenvalue weighted by Crippen LogP contribution is 2.36. The van der Waals surface area contributed by atoms with Crippen molar-refractivity contribution in [2.45, 2.75) is 0 Å². The third-order valence-corrected chi connectivity index (χ3v) is 6.78. The minimum atomic E-state index is 0.592. The zero-order valence-corrected chi connectivity index (χ0v) is 20.7. The molecule has 0 saturated carbocycles. The maximum Gasteiger partial charge on any atom is 0.187 e. The van der Waals surface area contributed by atoms with Crippen LogP contribution in [0.2, 0.25) is 0 Å². The van der Waals surface area contributed by atoms with Gasteiger partial charge in [0.1, 0.15) is 11.2 Å². The van der Waals surface area contributed by atoms with Gasteiger partial charge in [-0.1, -0.05) is 109 Å². The van der Waals surface area contributed by atoms with Gasteiger partial charge in [-0.2, -0.15) is 0 Å². The molecule has 0 aliphatic rings. The number of hydrogen-bond acceptors (Lipinski definition) is 4. The van der Waals surface area contributed by atoms with E-state index in [1.807, 2.05) is 103 Å². The summed E-state index contributed by atoms with van der Waals surface area (Å²) in [6.45, 7) is 7.18. The molecule has 0 fully saturated rings. The highest BCUT2D eigenvalue weighted by atomic mass is 16.3. The van der Waals surface area contributed by atoms with Crippen molar-refractivity contribution in [3.8, 4) is 45.3 Å². The van der Waals surface area contributed by atoms with E-state index in [1.165, 1.54) is 0 Å². The zero-order chi connectivity index (χ0) is 26.2. The van der Waals surface area contributed by atoms with Crippen molar-refractivity contribution in [2.75, 3.05) is 0 Å². The molecule has 2 aromatic heterocycles. The van der Waals surface area contributed by atoms with Crippen molar-refractivity contribution in [1.82, 2.24) is 15.0 Å². The molecule has 0 saturated heterocycles. The van der Waals surface area contributed by atoms with E-state index in [9.17, 15) is 0 Å². The van der Waals surface area contributed by atoms with Gasteiger partial charge in [-0.05, 0) is 23.3 Å². The fourth-order valence-electron chi connectivity index (χ4n) is 4.84.